The number of esters is 1. The van der Waals surface area contributed by atoms with Crippen molar-refractivity contribution in [2.75, 3.05) is 0 Å². The van der Waals surface area contributed by atoms with Gasteiger partial charge in [-0.05, 0) is 12.1 Å². The van der Waals surface area contributed by atoms with Gasteiger partial charge < -0.3 is 9.63 Å². The van der Waals surface area contributed by atoms with E-state index in [1.54, 1.807) is 25.1 Å². The van der Waals surface area contributed by atoms with Crippen LogP contribution in [0, 0.1) is 0 Å². The van der Waals surface area contributed by atoms with Gasteiger partial charge >= 0.3 is 13.6 Å². The fraction of sp³-hybridized carbons (Fsp3) is 0.250. The third kappa shape index (κ3) is 4.11. The first-order valence-corrected chi connectivity index (χ1v) is 6.97. The van der Waals surface area contributed by atoms with Crippen LogP contribution in [0.2, 0.25) is 0 Å². The van der Waals surface area contributed by atoms with Gasteiger partial charge in [0, 0.05) is 12.5 Å². The van der Waals surface area contributed by atoms with Crippen molar-refractivity contribution in [3.05, 3.63) is 43.0 Å². The van der Waals surface area contributed by atoms with E-state index in [-0.39, 0.29) is 11.7 Å². The average molecular weight is 270 g/mol. The maximum absolute atomic E-state index is 12.0. The van der Waals surface area contributed by atoms with Crippen LogP contribution in [0.25, 0.3) is 0 Å². The Kier molecular flexibility index (Phi) is 5.28. The van der Waals surface area contributed by atoms with Crippen molar-refractivity contribution in [1.29, 1.82) is 0 Å². The molecule has 2 atom stereocenters. The summed E-state index contributed by atoms with van der Waals surface area (Å²) in [6.45, 7) is 4.91. The SMILES string of the molecule is C=CC(=O)OC(CC)OP(=O)(O)c1ccccc1. The van der Waals surface area contributed by atoms with E-state index in [0.29, 0.717) is 0 Å². The minimum absolute atomic E-state index is 0.151. The highest BCUT2D eigenvalue weighted by molar-refractivity contribution is 7.61. The molecule has 18 heavy (non-hydrogen) atoms. The molecule has 1 rings (SSSR count). The Morgan fingerprint density at radius 3 is 2.61 bits per heavy atom. The van der Waals surface area contributed by atoms with E-state index in [1.165, 1.54) is 12.1 Å². The van der Waals surface area contributed by atoms with Crippen LogP contribution in [-0.4, -0.2) is 17.2 Å². The predicted octanol–water partition coefficient (Wildman–Crippen LogP) is 1.98. The molecule has 6 heteroatoms. The first-order chi connectivity index (χ1) is 8.49. The van der Waals surface area contributed by atoms with Gasteiger partial charge in [0.15, 0.2) is 0 Å². The van der Waals surface area contributed by atoms with Crippen molar-refractivity contribution in [1.82, 2.24) is 0 Å². The maximum Gasteiger partial charge on any atom is 0.361 e. The van der Waals surface area contributed by atoms with Crippen molar-refractivity contribution in [3.8, 4) is 0 Å². The van der Waals surface area contributed by atoms with Gasteiger partial charge in [-0.3, -0.25) is 9.09 Å². The lowest BCUT2D eigenvalue weighted by Gasteiger charge is -2.19. The molecule has 0 spiro atoms. The van der Waals surface area contributed by atoms with Crippen molar-refractivity contribution >= 4 is 18.9 Å². The Balaban J connectivity index is 2.77. The summed E-state index contributed by atoms with van der Waals surface area (Å²) in [7, 11) is -4.00. The highest BCUT2D eigenvalue weighted by atomic mass is 31.2. The van der Waals surface area contributed by atoms with E-state index < -0.39 is 19.9 Å². The molecule has 0 radical (unpaired) electrons. The van der Waals surface area contributed by atoms with E-state index in [2.05, 4.69) is 6.58 Å². The number of benzene rings is 1. The zero-order chi connectivity index (χ0) is 13.6. The first-order valence-electron chi connectivity index (χ1n) is 5.39. The molecular weight excluding hydrogens is 255 g/mol. The number of rotatable bonds is 6. The standard InChI is InChI=1S/C12H15O5P/c1-3-11(13)16-12(4-2)17-18(14,15)10-8-6-5-7-9-10/h3,5-9,12H,1,4H2,2H3,(H,14,15). The van der Waals surface area contributed by atoms with Crippen molar-refractivity contribution in [3.63, 3.8) is 0 Å². The molecule has 0 aromatic heterocycles. The molecule has 0 aliphatic carbocycles. The Morgan fingerprint density at radius 2 is 2.11 bits per heavy atom. The highest BCUT2D eigenvalue weighted by Gasteiger charge is 2.28. The van der Waals surface area contributed by atoms with Crippen LogP contribution in [0.4, 0.5) is 0 Å². The summed E-state index contributed by atoms with van der Waals surface area (Å²) < 4.78 is 21.7. The Hall–Kier alpha value is -1.42. The van der Waals surface area contributed by atoms with E-state index in [4.69, 9.17) is 9.26 Å². The maximum atomic E-state index is 12.0. The third-order valence-electron chi connectivity index (χ3n) is 2.09. The molecule has 0 saturated heterocycles. The summed E-state index contributed by atoms with van der Waals surface area (Å²) in [5.41, 5.74) is 0. The predicted molar refractivity (Wildman–Crippen MR) is 67.4 cm³/mol. The van der Waals surface area contributed by atoms with Gasteiger partial charge in [-0.1, -0.05) is 31.7 Å². The molecule has 5 nitrogen and oxygen atoms in total. The van der Waals surface area contributed by atoms with Crippen LogP contribution in [0.3, 0.4) is 0 Å². The van der Waals surface area contributed by atoms with E-state index >= 15 is 0 Å². The number of hydrogen-bond donors (Lipinski definition) is 1. The molecule has 2 unspecified atom stereocenters. The summed E-state index contributed by atoms with van der Waals surface area (Å²) in [6.07, 6.45) is 0.153. The zero-order valence-corrected chi connectivity index (χ0v) is 10.9. The number of carbonyl (C=O) groups is 1. The second-order valence-electron chi connectivity index (χ2n) is 3.44. The van der Waals surface area contributed by atoms with Gasteiger partial charge in [0.05, 0.1) is 5.30 Å². The Morgan fingerprint density at radius 1 is 1.50 bits per heavy atom. The van der Waals surface area contributed by atoms with Gasteiger partial charge in [0.1, 0.15) is 0 Å². The lowest BCUT2D eigenvalue weighted by molar-refractivity contribution is -0.158. The number of carbonyl (C=O) groups excluding carboxylic acids is 1. The largest absolute Gasteiger partial charge is 0.432 e. The number of hydrogen-bond acceptors (Lipinski definition) is 4. The van der Waals surface area contributed by atoms with Crippen LogP contribution in [0.5, 0.6) is 0 Å². The summed E-state index contributed by atoms with van der Waals surface area (Å²) in [4.78, 5) is 20.8. The van der Waals surface area contributed by atoms with Crippen molar-refractivity contribution in [2.45, 2.75) is 19.6 Å². The summed E-state index contributed by atoms with van der Waals surface area (Å²) >= 11 is 0. The van der Waals surface area contributed by atoms with Gasteiger partial charge in [-0.25, -0.2) is 4.79 Å². The van der Waals surface area contributed by atoms with Crippen molar-refractivity contribution < 1.29 is 23.5 Å². The van der Waals surface area contributed by atoms with E-state index in [1.807, 2.05) is 0 Å². The average Bonchev–Trinajstić information content (AvgIpc) is 2.38. The minimum Gasteiger partial charge on any atom is -0.432 e. The monoisotopic (exact) mass is 270 g/mol. The molecule has 0 fully saturated rings. The number of ether oxygens (including phenoxy) is 1. The van der Waals surface area contributed by atoms with Gasteiger partial charge in [0.2, 0.25) is 6.29 Å². The fourth-order valence-corrected chi connectivity index (χ4v) is 2.38. The third-order valence-corrected chi connectivity index (χ3v) is 3.56. The molecule has 0 heterocycles. The first kappa shape index (κ1) is 14.6. The zero-order valence-electron chi connectivity index (χ0n) is 9.98. The molecule has 1 aromatic rings. The minimum atomic E-state index is -4.00. The van der Waals surface area contributed by atoms with Crippen LogP contribution in [0.1, 0.15) is 13.3 Å². The van der Waals surface area contributed by atoms with Crippen molar-refractivity contribution in [2.24, 2.45) is 0 Å². The summed E-state index contributed by atoms with van der Waals surface area (Å²) in [6, 6.07) is 7.92. The fourth-order valence-electron chi connectivity index (χ4n) is 1.19. The lowest BCUT2D eigenvalue weighted by Crippen LogP contribution is -2.21. The topological polar surface area (TPSA) is 72.8 Å². The van der Waals surface area contributed by atoms with Crippen LogP contribution < -0.4 is 5.30 Å². The van der Waals surface area contributed by atoms with Crippen LogP contribution in [0.15, 0.2) is 43.0 Å². The smallest absolute Gasteiger partial charge is 0.361 e. The van der Waals surface area contributed by atoms with Crippen LogP contribution in [-0.2, 0) is 18.6 Å². The molecule has 0 bridgehead atoms. The van der Waals surface area contributed by atoms with Gasteiger partial charge in [-0.15, -0.1) is 0 Å². The molecule has 1 aromatic carbocycles. The second-order valence-corrected chi connectivity index (χ2v) is 5.21. The highest BCUT2D eigenvalue weighted by Crippen LogP contribution is 2.42. The van der Waals surface area contributed by atoms with E-state index in [0.717, 1.165) is 6.08 Å². The van der Waals surface area contributed by atoms with Crippen LogP contribution >= 0.6 is 7.60 Å². The molecule has 0 amide bonds. The quantitative estimate of drug-likeness (QED) is 0.370. The second kappa shape index (κ2) is 6.50. The molecule has 98 valence electrons. The molecule has 0 aliphatic heterocycles. The summed E-state index contributed by atoms with van der Waals surface area (Å²) in [5, 5.41) is 0.151. The summed E-state index contributed by atoms with van der Waals surface area (Å²) in [5.74, 6) is -0.699. The Bertz CT molecular complexity index is 457. The molecular formula is C12H15O5P. The normalized spacial score (nSPS) is 15.4. The van der Waals surface area contributed by atoms with E-state index in [9.17, 15) is 14.3 Å². The molecule has 0 aliphatic rings. The van der Waals surface area contributed by atoms with Gasteiger partial charge in [-0.2, -0.15) is 0 Å². The lowest BCUT2D eigenvalue weighted by atomic mass is 10.4. The molecule has 1 N–H and O–H groups in total. The Labute approximate surface area is 106 Å². The molecule has 0 saturated carbocycles. The van der Waals surface area contributed by atoms with Gasteiger partial charge in [0.25, 0.3) is 0 Å².